The van der Waals surface area contributed by atoms with Gasteiger partial charge in [0.15, 0.2) is 11.5 Å². The number of fused-ring (bicyclic) bond motifs is 1. The lowest BCUT2D eigenvalue weighted by molar-refractivity contribution is -0.113. The van der Waals surface area contributed by atoms with E-state index in [1.54, 1.807) is 25.2 Å². The lowest BCUT2D eigenvalue weighted by Gasteiger charge is -2.13. The number of carbonyl (C=O) groups excluding carboxylic acids is 1. The molecule has 0 radical (unpaired) electrons. The van der Waals surface area contributed by atoms with Crippen LogP contribution in [0.4, 0.5) is 5.69 Å². The van der Waals surface area contributed by atoms with E-state index in [1.807, 2.05) is 17.5 Å². The first-order chi connectivity index (χ1) is 16.3. The summed E-state index contributed by atoms with van der Waals surface area (Å²) in [6, 6.07) is 8.78. The minimum atomic E-state index is -0.520. The van der Waals surface area contributed by atoms with Crippen LogP contribution in [0.15, 0.2) is 50.3 Å². The van der Waals surface area contributed by atoms with Crippen molar-refractivity contribution in [3.8, 4) is 22.2 Å². The lowest BCUT2D eigenvalue weighted by atomic mass is 10.2. The highest BCUT2D eigenvalue weighted by atomic mass is 32.2. The van der Waals surface area contributed by atoms with E-state index in [9.17, 15) is 14.4 Å². The summed E-state index contributed by atoms with van der Waals surface area (Å²) < 4.78 is 12.8. The molecule has 176 valence electrons. The Bertz CT molecular complexity index is 1490. The molecule has 0 atom stereocenters. The number of benzene rings is 1. The molecule has 4 aromatic rings. The monoisotopic (exact) mass is 499 g/mol. The number of thioether (sulfide) groups is 1. The highest BCUT2D eigenvalue weighted by Gasteiger charge is 2.20. The Morgan fingerprint density at radius 3 is 2.59 bits per heavy atom. The number of hydrogen-bond acceptors (Lipinski definition) is 9. The number of thiophene rings is 1. The van der Waals surface area contributed by atoms with Gasteiger partial charge in [0.2, 0.25) is 5.91 Å². The molecule has 1 amide bonds. The predicted octanol–water partition coefficient (Wildman–Crippen LogP) is 2.50. The van der Waals surface area contributed by atoms with Gasteiger partial charge in [0.25, 0.3) is 5.56 Å². The molecule has 0 saturated heterocycles. The normalized spacial score (nSPS) is 10.9. The molecular weight excluding hydrogens is 478 g/mol. The second-order valence-electron chi connectivity index (χ2n) is 7.14. The number of amides is 1. The first kappa shape index (κ1) is 23.5. The maximum Gasteiger partial charge on any atom is 0.332 e. The molecule has 3 aromatic heterocycles. The minimum absolute atomic E-state index is 0.0393. The third-order valence-electron chi connectivity index (χ3n) is 5.03. The van der Waals surface area contributed by atoms with E-state index in [0.717, 1.165) is 21.2 Å². The van der Waals surface area contributed by atoms with Crippen molar-refractivity contribution in [1.29, 1.82) is 0 Å². The molecule has 1 aromatic carbocycles. The summed E-state index contributed by atoms with van der Waals surface area (Å²) in [6.45, 7) is 0. The minimum Gasteiger partial charge on any atom is -0.497 e. The zero-order valence-electron chi connectivity index (χ0n) is 18.8. The fourth-order valence-corrected chi connectivity index (χ4v) is 4.75. The molecule has 0 aliphatic rings. The van der Waals surface area contributed by atoms with E-state index >= 15 is 0 Å². The fraction of sp³-hybridized carbons (Fsp3) is 0.227. The first-order valence-electron chi connectivity index (χ1n) is 10.00. The van der Waals surface area contributed by atoms with Gasteiger partial charge in [-0.2, -0.15) is 0 Å². The Kier molecular flexibility index (Phi) is 6.70. The molecule has 10 nitrogen and oxygen atoms in total. The maximum absolute atomic E-state index is 12.9. The number of aromatic nitrogens is 4. The molecule has 12 heteroatoms. The van der Waals surface area contributed by atoms with Crippen LogP contribution in [0.5, 0.6) is 11.5 Å². The standard InChI is InChI=1S/C22H21N5O5S2/c1-26-19-17(21(29)27(2)22(26)30)20(25-18(24-19)15-6-5-9-33-15)34-11-16(28)23-13-10-12(31-3)7-8-14(13)32-4/h5-10H,11H2,1-4H3,(H,23,28). The zero-order chi connectivity index (χ0) is 24.4. The number of aryl methyl sites for hydroxylation is 1. The number of anilines is 1. The van der Waals surface area contributed by atoms with E-state index in [0.29, 0.717) is 28.0 Å². The van der Waals surface area contributed by atoms with Gasteiger partial charge in [0.1, 0.15) is 21.9 Å². The lowest BCUT2D eigenvalue weighted by Crippen LogP contribution is -2.37. The summed E-state index contributed by atoms with van der Waals surface area (Å²) in [4.78, 5) is 48.0. The van der Waals surface area contributed by atoms with Gasteiger partial charge in [-0.25, -0.2) is 14.8 Å². The molecule has 4 rings (SSSR count). The number of nitrogens with zero attached hydrogens (tertiary/aromatic N) is 4. The van der Waals surface area contributed by atoms with Crippen molar-refractivity contribution in [1.82, 2.24) is 19.1 Å². The van der Waals surface area contributed by atoms with Crippen molar-refractivity contribution in [3.05, 3.63) is 56.5 Å². The number of rotatable bonds is 7. The smallest absolute Gasteiger partial charge is 0.332 e. The maximum atomic E-state index is 12.9. The van der Waals surface area contributed by atoms with Crippen LogP contribution in [0, 0.1) is 0 Å². The van der Waals surface area contributed by atoms with Gasteiger partial charge in [0, 0.05) is 20.2 Å². The summed E-state index contributed by atoms with van der Waals surface area (Å²) >= 11 is 2.52. The Balaban J connectivity index is 1.71. The van der Waals surface area contributed by atoms with Gasteiger partial charge in [-0.15, -0.1) is 11.3 Å². The number of ether oxygens (including phenoxy) is 2. The van der Waals surface area contributed by atoms with E-state index < -0.39 is 11.2 Å². The highest BCUT2D eigenvalue weighted by molar-refractivity contribution is 8.00. The molecule has 0 fully saturated rings. The van der Waals surface area contributed by atoms with Gasteiger partial charge < -0.3 is 14.8 Å². The van der Waals surface area contributed by atoms with Crippen LogP contribution in [0.2, 0.25) is 0 Å². The number of hydrogen-bond donors (Lipinski definition) is 1. The van der Waals surface area contributed by atoms with Crippen molar-refractivity contribution >= 4 is 45.7 Å². The number of carbonyl (C=O) groups is 1. The molecule has 0 aliphatic carbocycles. The van der Waals surface area contributed by atoms with Gasteiger partial charge in [-0.3, -0.25) is 18.7 Å². The van der Waals surface area contributed by atoms with Gasteiger partial charge in [-0.1, -0.05) is 17.8 Å². The predicted molar refractivity (Wildman–Crippen MR) is 132 cm³/mol. The van der Waals surface area contributed by atoms with E-state index in [-0.39, 0.29) is 22.7 Å². The molecule has 3 heterocycles. The van der Waals surface area contributed by atoms with Crippen molar-refractivity contribution < 1.29 is 14.3 Å². The first-order valence-corrected chi connectivity index (χ1v) is 11.9. The second kappa shape index (κ2) is 9.69. The van der Waals surface area contributed by atoms with Crippen molar-refractivity contribution in [2.75, 3.05) is 25.3 Å². The van der Waals surface area contributed by atoms with Crippen LogP contribution in [-0.2, 0) is 18.9 Å². The average Bonchev–Trinajstić information content (AvgIpc) is 3.39. The Hall–Kier alpha value is -3.64. The molecule has 0 spiro atoms. The molecular formula is C22H21N5O5S2. The summed E-state index contributed by atoms with van der Waals surface area (Å²) in [5.41, 5.74) is -0.346. The van der Waals surface area contributed by atoms with Crippen molar-refractivity contribution in [2.24, 2.45) is 14.1 Å². The highest BCUT2D eigenvalue weighted by Crippen LogP contribution is 2.31. The largest absolute Gasteiger partial charge is 0.497 e. The summed E-state index contributed by atoms with van der Waals surface area (Å²) in [5.74, 6) is 1.05. The number of methoxy groups -OCH3 is 2. The molecule has 0 aliphatic heterocycles. The summed E-state index contributed by atoms with van der Waals surface area (Å²) in [7, 11) is 5.98. The van der Waals surface area contributed by atoms with Crippen LogP contribution >= 0.6 is 23.1 Å². The Morgan fingerprint density at radius 2 is 1.91 bits per heavy atom. The van der Waals surface area contributed by atoms with Crippen LogP contribution < -0.4 is 26.0 Å². The zero-order valence-corrected chi connectivity index (χ0v) is 20.5. The van der Waals surface area contributed by atoms with Crippen LogP contribution in [0.3, 0.4) is 0 Å². The molecule has 34 heavy (non-hydrogen) atoms. The van der Waals surface area contributed by atoms with Crippen molar-refractivity contribution in [2.45, 2.75) is 5.03 Å². The van der Waals surface area contributed by atoms with Gasteiger partial charge >= 0.3 is 5.69 Å². The van der Waals surface area contributed by atoms with E-state index in [4.69, 9.17) is 9.47 Å². The summed E-state index contributed by atoms with van der Waals surface area (Å²) in [6.07, 6.45) is 0. The average molecular weight is 500 g/mol. The Labute approximate surface area is 202 Å². The fourth-order valence-electron chi connectivity index (χ4n) is 3.28. The third-order valence-corrected chi connectivity index (χ3v) is 6.87. The van der Waals surface area contributed by atoms with E-state index in [2.05, 4.69) is 15.3 Å². The third kappa shape index (κ3) is 4.41. The number of nitrogens with one attached hydrogen (secondary N) is 1. The SMILES string of the molecule is COc1ccc(OC)c(NC(=O)CSc2nc(-c3cccs3)nc3c2c(=O)n(C)c(=O)n3C)c1. The quantitative estimate of drug-likeness (QED) is 0.305. The molecule has 1 N–H and O–H groups in total. The second-order valence-corrected chi connectivity index (χ2v) is 9.05. The van der Waals surface area contributed by atoms with Crippen molar-refractivity contribution in [3.63, 3.8) is 0 Å². The van der Waals surface area contributed by atoms with E-state index in [1.165, 1.54) is 37.2 Å². The van der Waals surface area contributed by atoms with Gasteiger partial charge in [0.05, 0.1) is 30.5 Å². The summed E-state index contributed by atoms with van der Waals surface area (Å²) in [5, 5.41) is 5.18. The topological polar surface area (TPSA) is 117 Å². The van der Waals surface area contributed by atoms with Crippen LogP contribution in [0.1, 0.15) is 0 Å². The Morgan fingerprint density at radius 1 is 1.12 bits per heavy atom. The molecule has 0 unspecified atom stereocenters. The van der Waals surface area contributed by atoms with Crippen LogP contribution in [-0.4, -0.2) is 45.0 Å². The van der Waals surface area contributed by atoms with Crippen LogP contribution in [0.25, 0.3) is 21.7 Å². The van der Waals surface area contributed by atoms with Gasteiger partial charge in [-0.05, 0) is 23.6 Å². The molecule has 0 saturated carbocycles. The molecule has 0 bridgehead atoms.